The van der Waals surface area contributed by atoms with Crippen molar-refractivity contribution >= 4 is 10.0 Å². The Balaban J connectivity index is 3.07. The van der Waals surface area contributed by atoms with Gasteiger partial charge in [-0.15, -0.1) is 0 Å². The molecule has 1 aromatic carbocycles. The fourth-order valence-electron chi connectivity index (χ4n) is 1.74. The lowest BCUT2D eigenvalue weighted by Gasteiger charge is -2.25. The lowest BCUT2D eigenvalue weighted by Crippen LogP contribution is -2.46. The Morgan fingerprint density at radius 1 is 1.33 bits per heavy atom. The van der Waals surface area contributed by atoms with Crippen molar-refractivity contribution in [3.63, 3.8) is 0 Å². The zero-order valence-corrected chi connectivity index (χ0v) is 11.8. The minimum absolute atomic E-state index is 0.182. The van der Waals surface area contributed by atoms with Crippen LogP contribution in [-0.4, -0.2) is 27.7 Å². The molecule has 0 aromatic heterocycles. The summed E-state index contributed by atoms with van der Waals surface area (Å²) >= 11 is 0. The number of hydrogen-bond acceptors (Lipinski definition) is 4. The number of sulfonamides is 1. The Labute approximate surface area is 108 Å². The maximum atomic E-state index is 12.3. The van der Waals surface area contributed by atoms with Gasteiger partial charge in [0.25, 0.3) is 0 Å². The highest BCUT2D eigenvalue weighted by molar-refractivity contribution is 7.89. The lowest BCUT2D eigenvalue weighted by molar-refractivity contribution is 0.141. The van der Waals surface area contributed by atoms with E-state index in [1.807, 2.05) is 0 Å². The van der Waals surface area contributed by atoms with Gasteiger partial charge in [-0.2, -0.15) is 0 Å². The molecule has 0 aliphatic heterocycles. The third kappa shape index (κ3) is 3.78. The molecule has 1 aromatic rings. The van der Waals surface area contributed by atoms with E-state index in [1.165, 1.54) is 7.11 Å². The Hall–Kier alpha value is -0.950. The van der Waals surface area contributed by atoms with Crippen molar-refractivity contribution < 1.29 is 13.2 Å². The molecule has 102 valence electrons. The SMILES string of the molecule is COCC(C)(C)NS(=O)(=O)c1ccccc1CN. The van der Waals surface area contributed by atoms with Crippen LogP contribution in [0.2, 0.25) is 0 Å². The summed E-state index contributed by atoms with van der Waals surface area (Å²) in [5.74, 6) is 0. The predicted octanol–water partition coefficient (Wildman–Crippen LogP) is 0.849. The van der Waals surface area contributed by atoms with Crippen LogP contribution in [0, 0.1) is 0 Å². The number of ether oxygens (including phenoxy) is 1. The molecule has 1 rings (SSSR count). The summed E-state index contributed by atoms with van der Waals surface area (Å²) in [5, 5.41) is 0. The summed E-state index contributed by atoms with van der Waals surface area (Å²) in [6.07, 6.45) is 0. The second-order valence-corrected chi connectivity index (χ2v) is 6.39. The molecule has 0 amide bonds. The average Bonchev–Trinajstić information content (AvgIpc) is 2.27. The quantitative estimate of drug-likeness (QED) is 0.804. The first-order valence-corrected chi connectivity index (χ1v) is 7.11. The second kappa shape index (κ2) is 5.79. The van der Waals surface area contributed by atoms with E-state index in [1.54, 1.807) is 38.1 Å². The number of benzene rings is 1. The molecule has 0 radical (unpaired) electrons. The molecule has 0 atom stereocenters. The Morgan fingerprint density at radius 2 is 1.94 bits per heavy atom. The molecule has 0 aliphatic carbocycles. The fourth-order valence-corrected chi connectivity index (χ4v) is 3.39. The second-order valence-electron chi connectivity index (χ2n) is 4.73. The molecular formula is C12H20N2O3S. The van der Waals surface area contributed by atoms with Crippen molar-refractivity contribution in [3.05, 3.63) is 29.8 Å². The van der Waals surface area contributed by atoms with E-state index in [-0.39, 0.29) is 18.0 Å². The van der Waals surface area contributed by atoms with Gasteiger partial charge in [-0.3, -0.25) is 0 Å². The predicted molar refractivity (Wildman–Crippen MR) is 70.6 cm³/mol. The molecular weight excluding hydrogens is 252 g/mol. The van der Waals surface area contributed by atoms with E-state index in [0.717, 1.165) is 0 Å². The highest BCUT2D eigenvalue weighted by atomic mass is 32.2. The van der Waals surface area contributed by atoms with Gasteiger partial charge in [-0.05, 0) is 25.5 Å². The number of nitrogens with two attached hydrogens (primary N) is 1. The lowest BCUT2D eigenvalue weighted by atomic mass is 10.1. The van der Waals surface area contributed by atoms with Crippen LogP contribution in [0.3, 0.4) is 0 Å². The number of rotatable bonds is 6. The van der Waals surface area contributed by atoms with Crippen molar-refractivity contribution in [1.29, 1.82) is 0 Å². The first-order chi connectivity index (χ1) is 8.32. The fraction of sp³-hybridized carbons (Fsp3) is 0.500. The van der Waals surface area contributed by atoms with Crippen molar-refractivity contribution in [1.82, 2.24) is 4.72 Å². The molecule has 5 nitrogen and oxygen atoms in total. The summed E-state index contributed by atoms with van der Waals surface area (Å²) in [5.41, 5.74) is 5.48. The zero-order chi connectivity index (χ0) is 13.8. The molecule has 18 heavy (non-hydrogen) atoms. The Kier molecular flexibility index (Phi) is 4.86. The number of nitrogens with one attached hydrogen (secondary N) is 1. The molecule has 3 N–H and O–H groups in total. The van der Waals surface area contributed by atoms with Crippen LogP contribution < -0.4 is 10.5 Å². The van der Waals surface area contributed by atoms with Gasteiger partial charge < -0.3 is 10.5 Å². The van der Waals surface area contributed by atoms with E-state index in [4.69, 9.17) is 10.5 Å². The molecule has 0 unspecified atom stereocenters. The molecule has 6 heteroatoms. The van der Waals surface area contributed by atoms with E-state index in [2.05, 4.69) is 4.72 Å². The molecule has 0 fully saturated rings. The van der Waals surface area contributed by atoms with Gasteiger partial charge in [-0.1, -0.05) is 18.2 Å². The Morgan fingerprint density at radius 3 is 2.50 bits per heavy atom. The standard InChI is InChI=1S/C12H20N2O3S/c1-12(2,9-17-3)14-18(15,16)11-7-5-4-6-10(11)8-13/h4-7,14H,8-9,13H2,1-3H3. The largest absolute Gasteiger partial charge is 0.383 e. The van der Waals surface area contributed by atoms with Crippen molar-refractivity contribution in [3.8, 4) is 0 Å². The van der Waals surface area contributed by atoms with Crippen LogP contribution in [0.15, 0.2) is 29.2 Å². The van der Waals surface area contributed by atoms with E-state index in [9.17, 15) is 8.42 Å². The van der Waals surface area contributed by atoms with Crippen LogP contribution >= 0.6 is 0 Å². The topological polar surface area (TPSA) is 81.4 Å². The van der Waals surface area contributed by atoms with E-state index in [0.29, 0.717) is 5.56 Å². The third-order valence-corrected chi connectivity index (χ3v) is 4.20. The summed E-state index contributed by atoms with van der Waals surface area (Å²) < 4.78 is 32.2. The minimum Gasteiger partial charge on any atom is -0.383 e. The van der Waals surface area contributed by atoms with Crippen molar-refractivity contribution in [2.45, 2.75) is 30.8 Å². The van der Waals surface area contributed by atoms with Crippen LogP contribution in [-0.2, 0) is 21.3 Å². The number of hydrogen-bond donors (Lipinski definition) is 2. The number of methoxy groups -OCH3 is 1. The molecule has 0 spiro atoms. The van der Waals surface area contributed by atoms with Crippen LogP contribution in [0.25, 0.3) is 0 Å². The molecule has 0 saturated heterocycles. The van der Waals surface area contributed by atoms with E-state index < -0.39 is 15.6 Å². The monoisotopic (exact) mass is 272 g/mol. The minimum atomic E-state index is -3.59. The first kappa shape index (κ1) is 15.1. The summed E-state index contributed by atoms with van der Waals surface area (Å²) in [6, 6.07) is 6.70. The molecule has 0 saturated carbocycles. The molecule has 0 aliphatic rings. The van der Waals surface area contributed by atoms with Gasteiger partial charge in [0.1, 0.15) is 0 Å². The Bertz CT molecular complexity index is 498. The van der Waals surface area contributed by atoms with Crippen LogP contribution in [0.4, 0.5) is 0 Å². The smallest absolute Gasteiger partial charge is 0.241 e. The van der Waals surface area contributed by atoms with Gasteiger partial charge in [0.2, 0.25) is 10.0 Å². The zero-order valence-electron chi connectivity index (χ0n) is 10.9. The van der Waals surface area contributed by atoms with E-state index >= 15 is 0 Å². The van der Waals surface area contributed by atoms with Gasteiger partial charge in [0, 0.05) is 13.7 Å². The van der Waals surface area contributed by atoms with Crippen molar-refractivity contribution in [2.75, 3.05) is 13.7 Å². The molecule has 0 heterocycles. The van der Waals surface area contributed by atoms with Crippen molar-refractivity contribution in [2.24, 2.45) is 5.73 Å². The molecule has 0 bridgehead atoms. The highest BCUT2D eigenvalue weighted by Crippen LogP contribution is 2.17. The van der Waals surface area contributed by atoms with Crippen LogP contribution in [0.5, 0.6) is 0 Å². The maximum absolute atomic E-state index is 12.3. The normalized spacial score (nSPS) is 12.7. The van der Waals surface area contributed by atoms with Crippen LogP contribution in [0.1, 0.15) is 19.4 Å². The highest BCUT2D eigenvalue weighted by Gasteiger charge is 2.27. The third-order valence-electron chi connectivity index (χ3n) is 2.40. The van der Waals surface area contributed by atoms with Gasteiger partial charge in [0.15, 0.2) is 0 Å². The average molecular weight is 272 g/mol. The summed E-state index contributed by atoms with van der Waals surface area (Å²) in [7, 11) is -2.06. The van der Waals surface area contributed by atoms with Gasteiger partial charge in [-0.25, -0.2) is 13.1 Å². The van der Waals surface area contributed by atoms with Gasteiger partial charge in [0.05, 0.1) is 17.0 Å². The summed E-state index contributed by atoms with van der Waals surface area (Å²) in [6.45, 7) is 4.00. The summed E-state index contributed by atoms with van der Waals surface area (Å²) in [4.78, 5) is 0.219. The van der Waals surface area contributed by atoms with Gasteiger partial charge >= 0.3 is 0 Å². The maximum Gasteiger partial charge on any atom is 0.241 e. The first-order valence-electron chi connectivity index (χ1n) is 5.63.